The molecule has 0 radical (unpaired) electrons. The van der Waals surface area contributed by atoms with Crippen molar-refractivity contribution >= 4 is 17.9 Å². The van der Waals surface area contributed by atoms with Gasteiger partial charge in [0.05, 0.1) is 0 Å². The Bertz CT molecular complexity index is 357. The first-order chi connectivity index (χ1) is 7.50. The number of carbonyl (C=O) groups excluding carboxylic acids is 2. The number of rotatable bonds is 2. The van der Waals surface area contributed by atoms with Gasteiger partial charge in [-0.05, 0) is 19.3 Å². The first kappa shape index (κ1) is 10.7. The number of primary amides is 1. The minimum atomic E-state index is -1.23. The van der Waals surface area contributed by atoms with Crippen LogP contribution >= 0.6 is 0 Å². The normalized spacial score (nSPS) is 32.6. The molecule has 88 valence electrons. The number of nitrogens with one attached hydrogen (secondary N) is 1. The Labute approximate surface area is 91.6 Å². The van der Waals surface area contributed by atoms with E-state index in [-0.39, 0.29) is 11.9 Å². The average molecular weight is 227 g/mol. The highest BCUT2D eigenvalue weighted by Crippen LogP contribution is 2.33. The van der Waals surface area contributed by atoms with Crippen molar-refractivity contribution in [3.05, 3.63) is 0 Å². The van der Waals surface area contributed by atoms with Crippen molar-refractivity contribution < 1.29 is 19.5 Å². The summed E-state index contributed by atoms with van der Waals surface area (Å²) < 4.78 is 0. The SMILES string of the molecule is NC(=O)[C@@H]1CCC2C[C@H](NC(=O)O)C(=O)N21. The maximum Gasteiger partial charge on any atom is 0.405 e. The molecule has 0 saturated carbocycles. The lowest BCUT2D eigenvalue weighted by Crippen LogP contribution is -2.47. The third kappa shape index (κ3) is 1.58. The van der Waals surface area contributed by atoms with Crippen molar-refractivity contribution in [1.29, 1.82) is 0 Å². The molecule has 3 amide bonds. The molecule has 0 aliphatic carbocycles. The van der Waals surface area contributed by atoms with Crippen LogP contribution in [0.25, 0.3) is 0 Å². The molecule has 0 aromatic rings. The molecule has 1 unspecified atom stereocenters. The quantitative estimate of drug-likeness (QED) is 0.554. The number of amides is 3. The fourth-order valence-corrected chi connectivity index (χ4v) is 2.55. The number of hydrogen-bond acceptors (Lipinski definition) is 3. The molecule has 7 nitrogen and oxygen atoms in total. The van der Waals surface area contributed by atoms with Gasteiger partial charge in [0.1, 0.15) is 12.1 Å². The van der Waals surface area contributed by atoms with Gasteiger partial charge in [-0.2, -0.15) is 0 Å². The van der Waals surface area contributed by atoms with Crippen molar-refractivity contribution in [2.75, 3.05) is 0 Å². The van der Waals surface area contributed by atoms with Gasteiger partial charge in [-0.15, -0.1) is 0 Å². The monoisotopic (exact) mass is 227 g/mol. The zero-order valence-electron chi connectivity index (χ0n) is 8.55. The Balaban J connectivity index is 2.11. The van der Waals surface area contributed by atoms with Gasteiger partial charge in [0, 0.05) is 6.04 Å². The van der Waals surface area contributed by atoms with Crippen LogP contribution in [-0.4, -0.2) is 46.0 Å². The molecular weight excluding hydrogens is 214 g/mol. The van der Waals surface area contributed by atoms with Crippen LogP contribution in [0.2, 0.25) is 0 Å². The van der Waals surface area contributed by atoms with Crippen molar-refractivity contribution in [3.63, 3.8) is 0 Å². The molecule has 0 aromatic heterocycles. The Morgan fingerprint density at radius 1 is 1.44 bits per heavy atom. The third-order valence-electron chi connectivity index (χ3n) is 3.19. The molecule has 2 rings (SSSR count). The Morgan fingerprint density at radius 2 is 2.12 bits per heavy atom. The average Bonchev–Trinajstić information content (AvgIpc) is 2.68. The topological polar surface area (TPSA) is 113 Å². The number of fused-ring (bicyclic) bond motifs is 1. The zero-order chi connectivity index (χ0) is 11.9. The van der Waals surface area contributed by atoms with Gasteiger partial charge in [-0.25, -0.2) is 4.79 Å². The molecule has 0 aromatic carbocycles. The van der Waals surface area contributed by atoms with E-state index in [0.717, 1.165) is 0 Å². The molecule has 2 aliphatic rings. The van der Waals surface area contributed by atoms with Gasteiger partial charge in [0.2, 0.25) is 11.8 Å². The first-order valence-corrected chi connectivity index (χ1v) is 5.11. The van der Waals surface area contributed by atoms with E-state index >= 15 is 0 Å². The summed E-state index contributed by atoms with van der Waals surface area (Å²) in [6.45, 7) is 0. The summed E-state index contributed by atoms with van der Waals surface area (Å²) in [5, 5.41) is 10.7. The highest BCUT2D eigenvalue weighted by Gasteiger charge is 2.48. The Morgan fingerprint density at radius 3 is 2.69 bits per heavy atom. The molecule has 4 N–H and O–H groups in total. The molecule has 2 aliphatic heterocycles. The smallest absolute Gasteiger partial charge is 0.405 e. The van der Waals surface area contributed by atoms with Crippen molar-refractivity contribution in [1.82, 2.24) is 10.2 Å². The summed E-state index contributed by atoms with van der Waals surface area (Å²) in [6, 6.07) is -1.36. The first-order valence-electron chi connectivity index (χ1n) is 5.11. The summed E-state index contributed by atoms with van der Waals surface area (Å²) in [4.78, 5) is 34.8. The van der Waals surface area contributed by atoms with Crippen molar-refractivity contribution in [3.8, 4) is 0 Å². The summed E-state index contributed by atoms with van der Waals surface area (Å²) >= 11 is 0. The summed E-state index contributed by atoms with van der Waals surface area (Å²) in [6.07, 6.45) is 0.479. The fraction of sp³-hybridized carbons (Fsp3) is 0.667. The van der Waals surface area contributed by atoms with E-state index in [1.165, 1.54) is 4.90 Å². The second kappa shape index (κ2) is 3.66. The lowest BCUT2D eigenvalue weighted by molar-refractivity contribution is -0.136. The van der Waals surface area contributed by atoms with E-state index in [1.54, 1.807) is 0 Å². The lowest BCUT2D eigenvalue weighted by atomic mass is 10.1. The predicted molar refractivity (Wildman–Crippen MR) is 52.4 cm³/mol. The summed E-state index contributed by atoms with van der Waals surface area (Å²) in [5.74, 6) is -0.861. The van der Waals surface area contributed by atoms with Crippen LogP contribution in [0.1, 0.15) is 19.3 Å². The summed E-state index contributed by atoms with van der Waals surface area (Å²) in [5.41, 5.74) is 5.19. The number of carbonyl (C=O) groups is 3. The molecule has 0 bridgehead atoms. The largest absolute Gasteiger partial charge is 0.465 e. The van der Waals surface area contributed by atoms with Gasteiger partial charge in [-0.1, -0.05) is 0 Å². The number of hydrogen-bond donors (Lipinski definition) is 3. The number of nitrogens with two attached hydrogens (primary N) is 1. The number of nitrogens with zero attached hydrogens (tertiary/aromatic N) is 1. The van der Waals surface area contributed by atoms with Crippen LogP contribution in [-0.2, 0) is 9.59 Å². The Kier molecular flexibility index (Phi) is 2.45. The minimum Gasteiger partial charge on any atom is -0.465 e. The lowest BCUT2D eigenvalue weighted by Gasteiger charge is -2.21. The van der Waals surface area contributed by atoms with Crippen LogP contribution in [0, 0.1) is 0 Å². The van der Waals surface area contributed by atoms with Crippen LogP contribution in [0.5, 0.6) is 0 Å². The van der Waals surface area contributed by atoms with E-state index in [4.69, 9.17) is 10.8 Å². The maximum absolute atomic E-state index is 11.8. The molecule has 3 atom stereocenters. The highest BCUT2D eigenvalue weighted by atomic mass is 16.4. The van der Waals surface area contributed by atoms with Gasteiger partial charge >= 0.3 is 6.09 Å². The molecule has 7 heteroatoms. The van der Waals surface area contributed by atoms with Gasteiger partial charge in [0.15, 0.2) is 0 Å². The highest BCUT2D eigenvalue weighted by molar-refractivity contribution is 5.93. The minimum absolute atomic E-state index is 0.0538. The molecule has 2 heterocycles. The van der Waals surface area contributed by atoms with Crippen LogP contribution in [0.3, 0.4) is 0 Å². The van der Waals surface area contributed by atoms with E-state index in [9.17, 15) is 14.4 Å². The van der Waals surface area contributed by atoms with E-state index in [0.29, 0.717) is 19.3 Å². The molecule has 0 spiro atoms. The standard InChI is InChI=1S/C9H13N3O4/c10-7(13)6-2-1-4-3-5(11-9(15)16)8(14)12(4)6/h4-6,11H,1-3H2,(H2,10,13)(H,15,16)/t4?,5-,6-/m0/s1. The van der Waals surface area contributed by atoms with Gasteiger partial charge in [0.25, 0.3) is 0 Å². The van der Waals surface area contributed by atoms with Crippen molar-refractivity contribution in [2.45, 2.75) is 37.4 Å². The van der Waals surface area contributed by atoms with Crippen LogP contribution < -0.4 is 11.1 Å². The fourth-order valence-electron chi connectivity index (χ4n) is 2.55. The van der Waals surface area contributed by atoms with E-state index in [1.807, 2.05) is 0 Å². The molecule has 16 heavy (non-hydrogen) atoms. The van der Waals surface area contributed by atoms with Gasteiger partial charge in [-0.3, -0.25) is 9.59 Å². The van der Waals surface area contributed by atoms with Crippen LogP contribution in [0.15, 0.2) is 0 Å². The Hall–Kier alpha value is -1.79. The predicted octanol–water partition coefficient (Wildman–Crippen LogP) is -1.13. The number of carboxylic acid groups (broad SMARTS) is 1. The third-order valence-corrected chi connectivity index (χ3v) is 3.19. The molecular formula is C9H13N3O4. The second-order valence-corrected chi connectivity index (χ2v) is 4.13. The van der Waals surface area contributed by atoms with E-state index in [2.05, 4.69) is 5.32 Å². The molecule has 2 saturated heterocycles. The van der Waals surface area contributed by atoms with Crippen molar-refractivity contribution in [2.24, 2.45) is 5.73 Å². The second-order valence-electron chi connectivity index (χ2n) is 4.13. The van der Waals surface area contributed by atoms with E-state index < -0.39 is 24.1 Å². The molecule has 2 fully saturated rings. The summed E-state index contributed by atoms with van der Waals surface area (Å²) in [7, 11) is 0. The maximum atomic E-state index is 11.8. The van der Waals surface area contributed by atoms with Crippen LogP contribution in [0.4, 0.5) is 4.79 Å². The van der Waals surface area contributed by atoms with Gasteiger partial charge < -0.3 is 21.1 Å². The zero-order valence-corrected chi connectivity index (χ0v) is 8.55.